The van der Waals surface area contributed by atoms with Gasteiger partial charge in [0.25, 0.3) is 5.91 Å². The maximum Gasteiger partial charge on any atom is 0.326 e. The molecule has 1 unspecified atom stereocenters. The Morgan fingerprint density at radius 2 is 1.83 bits per heavy atom. The summed E-state index contributed by atoms with van der Waals surface area (Å²) in [7, 11) is -1.62. The fraction of sp³-hybridized carbons (Fsp3) is 0.562. The molecule has 2 aromatic rings. The maximum absolute atomic E-state index is 13.5. The number of methoxy groups -OCH3 is 1. The molecule has 1 amide bonds. The zero-order valence-corrected chi connectivity index (χ0v) is 26.5. The van der Waals surface area contributed by atoms with E-state index >= 15 is 0 Å². The first-order valence-electron chi connectivity index (χ1n) is 14.8. The lowest BCUT2D eigenvalue weighted by Crippen LogP contribution is -2.42. The molecule has 1 aliphatic carbocycles. The van der Waals surface area contributed by atoms with Gasteiger partial charge in [-0.1, -0.05) is 49.6 Å². The number of sulfone groups is 1. The van der Waals surface area contributed by atoms with Crippen LogP contribution < -0.4 is 5.32 Å². The highest BCUT2D eigenvalue weighted by Crippen LogP contribution is 2.37. The summed E-state index contributed by atoms with van der Waals surface area (Å²) in [5, 5.41) is 13.6. The van der Waals surface area contributed by atoms with Crippen molar-refractivity contribution in [2.75, 3.05) is 32.3 Å². The zero-order valence-electron chi connectivity index (χ0n) is 24.9. The number of thioether (sulfide) groups is 1. The van der Waals surface area contributed by atoms with E-state index in [9.17, 15) is 23.1 Å². The van der Waals surface area contributed by atoms with E-state index in [0.29, 0.717) is 23.5 Å². The van der Waals surface area contributed by atoms with Crippen molar-refractivity contribution in [2.24, 2.45) is 0 Å². The highest BCUT2D eigenvalue weighted by atomic mass is 32.2. The van der Waals surface area contributed by atoms with Crippen molar-refractivity contribution < 1.29 is 27.9 Å². The molecule has 0 bridgehead atoms. The van der Waals surface area contributed by atoms with Gasteiger partial charge in [-0.25, -0.2) is 13.2 Å². The van der Waals surface area contributed by atoms with Crippen LogP contribution >= 0.6 is 11.8 Å². The number of hydrogen-bond acceptors (Lipinski definition) is 7. The number of carboxylic acid groups (broad SMARTS) is 1. The summed E-state index contributed by atoms with van der Waals surface area (Å²) in [6, 6.07) is 12.6. The molecule has 0 spiro atoms. The standard InChI is InChI=1S/C32H44N2O6S2/c1-22-9-7-8-12-27(22)29-17-23(13-14-28(29)31(35)33-30(32(36)37)15-16-42(3,38)39)19-34-20-26(18-24(34)21-40-2)41-25-10-5-4-6-11-25/h7-9,12-14,17,24-26,30H,4-6,10-11,15-16,18-21H2,1-3H3,(H,33,35)(H,36,37)/t24-,26?,30+/m1/s1. The first-order valence-corrected chi connectivity index (χ1v) is 17.8. The molecular formula is C32H44N2O6S2. The van der Waals surface area contributed by atoms with Crippen LogP contribution in [0.15, 0.2) is 42.5 Å². The fourth-order valence-electron chi connectivity index (χ4n) is 6.11. The Labute approximate surface area is 254 Å². The number of carboxylic acids is 1. The number of nitrogens with one attached hydrogen (secondary N) is 1. The largest absolute Gasteiger partial charge is 0.480 e. The number of carbonyl (C=O) groups is 2. The normalized spacial score (nSPS) is 20.8. The van der Waals surface area contributed by atoms with E-state index in [1.54, 1.807) is 13.2 Å². The van der Waals surface area contributed by atoms with Gasteiger partial charge in [0.15, 0.2) is 0 Å². The second-order valence-electron chi connectivity index (χ2n) is 11.8. The highest BCUT2D eigenvalue weighted by Gasteiger charge is 2.34. The second-order valence-corrected chi connectivity index (χ2v) is 15.6. The molecule has 10 heteroatoms. The van der Waals surface area contributed by atoms with E-state index in [1.165, 1.54) is 32.1 Å². The minimum atomic E-state index is -3.38. The number of aliphatic carboxylic acids is 1. The predicted octanol–water partition coefficient (Wildman–Crippen LogP) is 4.93. The van der Waals surface area contributed by atoms with Gasteiger partial charge in [0.1, 0.15) is 15.9 Å². The first kappa shape index (κ1) is 32.5. The SMILES string of the molecule is COC[C@H]1CC(SC2CCCCC2)CN1Cc1ccc(C(=O)N[C@@H](CCS(C)(=O)=O)C(=O)O)c(-c2ccccc2C)c1. The lowest BCUT2D eigenvalue weighted by molar-refractivity contribution is -0.139. The summed E-state index contributed by atoms with van der Waals surface area (Å²) >= 11 is 2.16. The van der Waals surface area contributed by atoms with E-state index in [2.05, 4.69) is 22.0 Å². The van der Waals surface area contributed by atoms with Crippen LogP contribution in [0.5, 0.6) is 0 Å². The molecule has 1 saturated heterocycles. The topological polar surface area (TPSA) is 113 Å². The molecular weight excluding hydrogens is 572 g/mol. The maximum atomic E-state index is 13.5. The van der Waals surface area contributed by atoms with Gasteiger partial charge < -0.3 is 15.2 Å². The number of hydrogen-bond donors (Lipinski definition) is 2. The van der Waals surface area contributed by atoms with Crippen molar-refractivity contribution >= 4 is 33.5 Å². The summed E-state index contributed by atoms with van der Waals surface area (Å²) in [5.41, 5.74) is 4.05. The predicted molar refractivity (Wildman–Crippen MR) is 169 cm³/mol. The van der Waals surface area contributed by atoms with Gasteiger partial charge in [-0.05, 0) is 67.0 Å². The average molecular weight is 617 g/mol. The van der Waals surface area contributed by atoms with Gasteiger partial charge in [-0.2, -0.15) is 11.8 Å². The number of aryl methyl sites for hydroxylation is 1. The van der Waals surface area contributed by atoms with Gasteiger partial charge in [0.05, 0.1) is 12.4 Å². The van der Waals surface area contributed by atoms with Crippen LogP contribution in [-0.2, 0) is 25.9 Å². The Kier molecular flexibility index (Phi) is 11.5. The lowest BCUT2D eigenvalue weighted by Gasteiger charge is -2.25. The number of amides is 1. The van der Waals surface area contributed by atoms with Crippen molar-refractivity contribution in [1.82, 2.24) is 10.2 Å². The van der Waals surface area contributed by atoms with Gasteiger partial charge in [-0.15, -0.1) is 0 Å². The Morgan fingerprint density at radius 3 is 2.50 bits per heavy atom. The van der Waals surface area contributed by atoms with E-state index in [1.807, 2.05) is 43.3 Å². The summed E-state index contributed by atoms with van der Waals surface area (Å²) in [6.45, 7) is 4.38. The molecule has 230 valence electrons. The molecule has 3 atom stereocenters. The van der Waals surface area contributed by atoms with Crippen LogP contribution in [-0.4, -0.2) is 85.2 Å². The lowest BCUT2D eigenvalue weighted by atomic mass is 9.93. The number of likely N-dealkylation sites (tertiary alicyclic amines) is 1. The third kappa shape index (κ3) is 9.05. The molecule has 1 heterocycles. The molecule has 2 aliphatic rings. The summed E-state index contributed by atoms with van der Waals surface area (Å²) in [4.78, 5) is 27.8. The quantitative estimate of drug-likeness (QED) is 0.326. The third-order valence-corrected chi connectivity index (χ3v) is 10.9. The van der Waals surface area contributed by atoms with Crippen LogP contribution in [0, 0.1) is 6.92 Å². The molecule has 2 fully saturated rings. The third-order valence-electron chi connectivity index (χ3n) is 8.32. The van der Waals surface area contributed by atoms with Crippen molar-refractivity contribution in [1.29, 1.82) is 0 Å². The van der Waals surface area contributed by atoms with Crippen molar-refractivity contribution in [2.45, 2.75) is 81.0 Å². The zero-order chi connectivity index (χ0) is 30.3. The monoisotopic (exact) mass is 616 g/mol. The van der Waals surface area contributed by atoms with Crippen LogP contribution in [0.1, 0.15) is 66.4 Å². The molecule has 1 aliphatic heterocycles. The highest BCUT2D eigenvalue weighted by molar-refractivity contribution is 8.00. The minimum absolute atomic E-state index is 0.201. The Hall–Kier alpha value is -2.40. The summed E-state index contributed by atoms with van der Waals surface area (Å²) in [6.07, 6.45) is 8.61. The van der Waals surface area contributed by atoms with Crippen LogP contribution in [0.2, 0.25) is 0 Å². The van der Waals surface area contributed by atoms with Crippen LogP contribution in [0.25, 0.3) is 11.1 Å². The van der Waals surface area contributed by atoms with Gasteiger partial charge in [0, 0.05) is 48.6 Å². The molecule has 4 rings (SSSR count). The van der Waals surface area contributed by atoms with Crippen molar-refractivity contribution in [3.05, 3.63) is 59.2 Å². The minimum Gasteiger partial charge on any atom is -0.480 e. The van der Waals surface area contributed by atoms with E-state index in [0.717, 1.165) is 53.3 Å². The Balaban J connectivity index is 1.57. The fourth-order valence-corrected chi connectivity index (χ4v) is 8.54. The molecule has 0 aromatic heterocycles. The van der Waals surface area contributed by atoms with E-state index in [-0.39, 0.29) is 12.2 Å². The van der Waals surface area contributed by atoms with E-state index in [4.69, 9.17) is 4.74 Å². The molecule has 42 heavy (non-hydrogen) atoms. The number of rotatable bonds is 13. The molecule has 8 nitrogen and oxygen atoms in total. The summed E-state index contributed by atoms with van der Waals surface area (Å²) < 4.78 is 28.9. The first-order chi connectivity index (χ1) is 20.0. The van der Waals surface area contributed by atoms with Gasteiger partial charge >= 0.3 is 5.97 Å². The van der Waals surface area contributed by atoms with Crippen molar-refractivity contribution in [3.63, 3.8) is 0 Å². The second kappa shape index (κ2) is 14.9. The Morgan fingerprint density at radius 1 is 1.10 bits per heavy atom. The molecule has 1 saturated carbocycles. The molecule has 2 aromatic carbocycles. The van der Waals surface area contributed by atoms with Crippen molar-refractivity contribution in [3.8, 4) is 11.1 Å². The average Bonchev–Trinajstić information content (AvgIpc) is 3.31. The number of carbonyl (C=O) groups excluding carboxylic acids is 1. The van der Waals surface area contributed by atoms with Gasteiger partial charge in [-0.3, -0.25) is 9.69 Å². The number of nitrogens with zero attached hydrogens (tertiary/aromatic N) is 1. The molecule has 0 radical (unpaired) electrons. The van der Waals surface area contributed by atoms with Crippen LogP contribution in [0.3, 0.4) is 0 Å². The van der Waals surface area contributed by atoms with Crippen LogP contribution in [0.4, 0.5) is 0 Å². The molecule has 2 N–H and O–H groups in total. The number of ether oxygens (including phenoxy) is 1. The Bertz CT molecular complexity index is 1340. The van der Waals surface area contributed by atoms with Gasteiger partial charge in [0.2, 0.25) is 0 Å². The smallest absolute Gasteiger partial charge is 0.326 e. The van der Waals surface area contributed by atoms with E-state index < -0.39 is 27.8 Å². The number of benzene rings is 2. The summed E-state index contributed by atoms with van der Waals surface area (Å²) in [5.74, 6) is -2.13.